The molecular formula is C29H33N5OS. The molecule has 0 aliphatic heterocycles. The molecule has 1 atom stereocenters. The van der Waals surface area contributed by atoms with Crippen molar-refractivity contribution in [3.63, 3.8) is 0 Å². The van der Waals surface area contributed by atoms with E-state index in [9.17, 15) is 5.11 Å². The topological polar surface area (TPSA) is 97.0 Å². The molecule has 3 aromatic heterocycles. The molecule has 0 aliphatic carbocycles. The molecule has 3 heterocycles. The number of nitrogens with two attached hydrogens (primary N) is 1. The number of nitrogens with one attached hydrogen (secondary N) is 1. The molecule has 7 heteroatoms. The quantitative estimate of drug-likeness (QED) is 0.317. The maximum Gasteiger partial charge on any atom is 0.162 e. The van der Waals surface area contributed by atoms with Crippen molar-refractivity contribution < 1.29 is 5.11 Å². The third-order valence-electron chi connectivity index (χ3n) is 5.52. The van der Waals surface area contributed by atoms with Gasteiger partial charge in [-0.2, -0.15) is 0 Å². The molecule has 186 valence electrons. The molecule has 4 aromatic rings. The summed E-state index contributed by atoms with van der Waals surface area (Å²) in [5.74, 6) is 7.56. The lowest BCUT2D eigenvalue weighted by atomic mass is 9.91. The molecule has 0 radical (unpaired) electrons. The van der Waals surface area contributed by atoms with Gasteiger partial charge in [0.25, 0.3) is 0 Å². The van der Waals surface area contributed by atoms with E-state index in [0.717, 1.165) is 38.5 Å². The van der Waals surface area contributed by atoms with Crippen molar-refractivity contribution in [2.45, 2.75) is 58.1 Å². The molecule has 4 rings (SSSR count). The predicted octanol–water partition coefficient (Wildman–Crippen LogP) is 5.16. The van der Waals surface area contributed by atoms with Gasteiger partial charge in [0, 0.05) is 35.4 Å². The Balaban J connectivity index is 1.81. The van der Waals surface area contributed by atoms with Gasteiger partial charge in [-0.15, -0.1) is 11.3 Å². The van der Waals surface area contributed by atoms with Crippen molar-refractivity contribution in [3.8, 4) is 23.2 Å². The van der Waals surface area contributed by atoms with Crippen LogP contribution in [0.1, 0.15) is 50.6 Å². The molecule has 1 aromatic carbocycles. The van der Waals surface area contributed by atoms with Crippen LogP contribution < -0.4 is 11.1 Å². The number of aliphatic hydroxyl groups is 1. The molecule has 0 saturated carbocycles. The van der Waals surface area contributed by atoms with Gasteiger partial charge < -0.3 is 16.2 Å². The van der Waals surface area contributed by atoms with Crippen LogP contribution in [0.5, 0.6) is 0 Å². The molecule has 6 nitrogen and oxygen atoms in total. The number of anilines is 1. The number of aromatic nitrogens is 3. The van der Waals surface area contributed by atoms with Gasteiger partial charge in [0.05, 0.1) is 10.3 Å². The summed E-state index contributed by atoms with van der Waals surface area (Å²) in [4.78, 5) is 15.1. The van der Waals surface area contributed by atoms with Crippen LogP contribution >= 0.6 is 11.3 Å². The van der Waals surface area contributed by atoms with Crippen LogP contribution in [0.25, 0.3) is 21.6 Å². The van der Waals surface area contributed by atoms with Crippen LogP contribution in [-0.2, 0) is 11.8 Å². The van der Waals surface area contributed by atoms with Gasteiger partial charge in [0.15, 0.2) is 5.82 Å². The zero-order valence-electron chi connectivity index (χ0n) is 21.5. The number of nitrogens with zero attached hydrogens (tertiary/aromatic N) is 3. The molecule has 0 aliphatic rings. The van der Waals surface area contributed by atoms with Gasteiger partial charge >= 0.3 is 0 Å². The summed E-state index contributed by atoms with van der Waals surface area (Å²) in [5, 5.41) is 13.8. The van der Waals surface area contributed by atoms with Crippen molar-refractivity contribution in [2.75, 3.05) is 11.9 Å². The van der Waals surface area contributed by atoms with Crippen molar-refractivity contribution >= 4 is 27.4 Å². The average molecular weight is 500 g/mol. The molecule has 4 N–H and O–H groups in total. The molecule has 0 saturated heterocycles. The fraction of sp³-hybridized carbons (Fsp3) is 0.345. The first-order valence-electron chi connectivity index (χ1n) is 12.1. The summed E-state index contributed by atoms with van der Waals surface area (Å²) in [5.41, 5.74) is 8.89. The highest BCUT2D eigenvalue weighted by atomic mass is 32.1. The van der Waals surface area contributed by atoms with E-state index in [1.54, 1.807) is 37.6 Å². The first-order valence-corrected chi connectivity index (χ1v) is 12.9. The first-order chi connectivity index (χ1) is 17.0. The zero-order valence-corrected chi connectivity index (χ0v) is 22.3. The van der Waals surface area contributed by atoms with Crippen LogP contribution in [0.3, 0.4) is 0 Å². The highest BCUT2D eigenvalue weighted by molar-refractivity contribution is 7.20. The van der Waals surface area contributed by atoms with E-state index < -0.39 is 5.60 Å². The van der Waals surface area contributed by atoms with Gasteiger partial charge in [0.2, 0.25) is 0 Å². The van der Waals surface area contributed by atoms with E-state index in [2.05, 4.69) is 55.0 Å². The number of pyridine rings is 1. The molecule has 0 amide bonds. The van der Waals surface area contributed by atoms with Crippen LogP contribution in [0.15, 0.2) is 54.9 Å². The zero-order chi connectivity index (χ0) is 25.9. The van der Waals surface area contributed by atoms with Crippen molar-refractivity contribution in [1.82, 2.24) is 15.0 Å². The van der Waals surface area contributed by atoms with E-state index in [1.807, 2.05) is 30.3 Å². The smallest absolute Gasteiger partial charge is 0.162 e. The van der Waals surface area contributed by atoms with E-state index in [1.165, 1.54) is 5.56 Å². The van der Waals surface area contributed by atoms with Crippen LogP contribution in [-0.4, -0.2) is 38.2 Å². The van der Waals surface area contributed by atoms with Crippen LogP contribution in [0.2, 0.25) is 0 Å². The number of rotatable bonds is 6. The summed E-state index contributed by atoms with van der Waals surface area (Å²) in [6.45, 7) is 10.4. The highest BCUT2D eigenvalue weighted by Crippen LogP contribution is 2.41. The van der Waals surface area contributed by atoms with Gasteiger partial charge in [-0.05, 0) is 43.4 Å². The molecule has 0 bridgehead atoms. The molecule has 1 unspecified atom stereocenters. The fourth-order valence-electron chi connectivity index (χ4n) is 3.80. The lowest BCUT2D eigenvalue weighted by Crippen LogP contribution is -2.31. The normalized spacial score (nSPS) is 12.8. The predicted molar refractivity (Wildman–Crippen MR) is 149 cm³/mol. The van der Waals surface area contributed by atoms with E-state index >= 15 is 0 Å². The molecule has 0 fully saturated rings. The van der Waals surface area contributed by atoms with Gasteiger partial charge in [0.1, 0.15) is 16.9 Å². The minimum Gasteiger partial charge on any atom is -0.378 e. The standard InChI is InChI=1S/C29H33N5OS/c1-28(2,3)25-22(11-14-29(4,5)35)23-24(36-25)27(34-26(33-23)20-12-15-31-16-13-20)32-18-21(30)17-19-9-7-6-8-10-19/h6-10,12-13,15-16,21,35H,17-18,30H2,1-5H3,(H,32,33,34). The Bertz CT molecular complexity index is 1390. The SMILES string of the molecule is CC(C)(O)C#Cc1c(C(C)(C)C)sc2c(NCC(N)Cc3ccccc3)nc(-c3ccncc3)nc12. The van der Waals surface area contributed by atoms with Crippen molar-refractivity contribution in [2.24, 2.45) is 5.73 Å². The van der Waals surface area contributed by atoms with Gasteiger partial charge in [-0.1, -0.05) is 62.9 Å². The lowest BCUT2D eigenvalue weighted by molar-refractivity contribution is 0.143. The molecule has 0 spiro atoms. The second-order valence-electron chi connectivity index (χ2n) is 10.5. The minimum absolute atomic E-state index is 0.0849. The van der Waals surface area contributed by atoms with E-state index in [4.69, 9.17) is 15.7 Å². The van der Waals surface area contributed by atoms with E-state index in [0.29, 0.717) is 12.4 Å². The second-order valence-corrected chi connectivity index (χ2v) is 11.5. The largest absolute Gasteiger partial charge is 0.378 e. The Kier molecular flexibility index (Phi) is 7.41. The summed E-state index contributed by atoms with van der Waals surface area (Å²) < 4.78 is 0.935. The number of thiophene rings is 1. The Morgan fingerprint density at radius 1 is 1.03 bits per heavy atom. The highest BCUT2D eigenvalue weighted by Gasteiger charge is 2.26. The molecular weight excluding hydrogens is 466 g/mol. The van der Waals surface area contributed by atoms with Crippen molar-refractivity contribution in [3.05, 3.63) is 70.9 Å². The van der Waals surface area contributed by atoms with Crippen molar-refractivity contribution in [1.29, 1.82) is 0 Å². The van der Waals surface area contributed by atoms with Gasteiger partial charge in [-0.3, -0.25) is 4.98 Å². The lowest BCUT2D eigenvalue weighted by Gasteiger charge is -2.17. The third kappa shape index (κ3) is 6.27. The second kappa shape index (κ2) is 10.4. The monoisotopic (exact) mass is 499 g/mol. The summed E-state index contributed by atoms with van der Waals surface area (Å²) in [6.07, 6.45) is 4.23. The van der Waals surface area contributed by atoms with Gasteiger partial charge in [-0.25, -0.2) is 9.97 Å². The Hall–Kier alpha value is -3.31. The summed E-state index contributed by atoms with van der Waals surface area (Å²) in [6, 6.07) is 13.9. The summed E-state index contributed by atoms with van der Waals surface area (Å²) >= 11 is 1.64. The fourth-order valence-corrected chi connectivity index (χ4v) is 5.02. The maximum atomic E-state index is 10.3. The van der Waals surface area contributed by atoms with E-state index in [-0.39, 0.29) is 11.5 Å². The average Bonchev–Trinajstić information content (AvgIpc) is 3.21. The molecule has 36 heavy (non-hydrogen) atoms. The summed E-state index contributed by atoms with van der Waals surface area (Å²) in [7, 11) is 0. The van der Waals surface area contributed by atoms with Crippen LogP contribution in [0.4, 0.5) is 5.82 Å². The number of hydrogen-bond donors (Lipinski definition) is 3. The number of hydrogen-bond acceptors (Lipinski definition) is 7. The number of fused-ring (bicyclic) bond motifs is 1. The minimum atomic E-state index is -1.12. The third-order valence-corrected chi connectivity index (χ3v) is 7.13. The number of benzene rings is 1. The van der Waals surface area contributed by atoms with Crippen LogP contribution in [0, 0.1) is 11.8 Å². The Morgan fingerprint density at radius 2 is 1.72 bits per heavy atom. The maximum absolute atomic E-state index is 10.3. The Morgan fingerprint density at radius 3 is 2.36 bits per heavy atom. The Labute approximate surface area is 217 Å². The first kappa shape index (κ1) is 25.8.